The molecule has 0 bridgehead atoms. The Kier molecular flexibility index (Phi) is 5.33. The summed E-state index contributed by atoms with van der Waals surface area (Å²) in [5.74, 6) is 0.102. The maximum absolute atomic E-state index is 12.1. The Balaban J connectivity index is 2.17. The van der Waals surface area contributed by atoms with Gasteiger partial charge in [-0.2, -0.15) is 5.26 Å². The van der Waals surface area contributed by atoms with Gasteiger partial charge in [-0.15, -0.1) is 0 Å². The average molecular weight is 330 g/mol. The fraction of sp³-hybridized carbons (Fsp3) is 0.611. The zero-order valence-electron chi connectivity index (χ0n) is 14.7. The molecule has 4 unspecified atom stereocenters. The van der Waals surface area contributed by atoms with Gasteiger partial charge in [0.2, 0.25) is 0 Å². The first-order valence-corrected chi connectivity index (χ1v) is 8.29. The van der Waals surface area contributed by atoms with Crippen LogP contribution in [0.3, 0.4) is 0 Å². The Labute approximate surface area is 143 Å². The molecule has 1 aromatic rings. The zero-order chi connectivity index (χ0) is 17.9. The number of nitrogen functional groups attached to an aromatic ring is 1. The molecule has 6 nitrogen and oxygen atoms in total. The smallest absolute Gasteiger partial charge is 0.407 e. The molecule has 4 atom stereocenters. The van der Waals surface area contributed by atoms with Crippen molar-refractivity contribution in [3.63, 3.8) is 0 Å². The number of carbonyl (C=O) groups is 1. The predicted molar refractivity (Wildman–Crippen MR) is 92.0 cm³/mol. The lowest BCUT2D eigenvalue weighted by Crippen LogP contribution is -2.47. The van der Waals surface area contributed by atoms with E-state index in [-0.39, 0.29) is 23.8 Å². The van der Waals surface area contributed by atoms with Gasteiger partial charge >= 0.3 is 6.09 Å². The second-order valence-electron chi connectivity index (χ2n) is 7.56. The van der Waals surface area contributed by atoms with Gasteiger partial charge in [-0.25, -0.2) is 4.79 Å². The Morgan fingerprint density at radius 2 is 2.17 bits per heavy atom. The molecule has 0 aliphatic heterocycles. The first-order valence-electron chi connectivity index (χ1n) is 8.29. The van der Waals surface area contributed by atoms with Crippen molar-refractivity contribution in [1.29, 1.82) is 5.26 Å². The van der Waals surface area contributed by atoms with Crippen LogP contribution < -0.4 is 11.1 Å². The molecule has 2 rings (SSSR count). The van der Waals surface area contributed by atoms with Gasteiger partial charge in [0.05, 0.1) is 23.9 Å². The second-order valence-corrected chi connectivity index (χ2v) is 7.56. The maximum atomic E-state index is 12.1. The van der Waals surface area contributed by atoms with Crippen molar-refractivity contribution in [3.8, 4) is 6.07 Å². The second kappa shape index (κ2) is 7.08. The summed E-state index contributed by atoms with van der Waals surface area (Å²) in [5, 5.41) is 12.4. The van der Waals surface area contributed by atoms with Crippen molar-refractivity contribution in [2.75, 3.05) is 5.73 Å². The number of amides is 1. The number of nitriles is 1. The van der Waals surface area contributed by atoms with Crippen LogP contribution in [-0.4, -0.2) is 22.7 Å². The highest BCUT2D eigenvalue weighted by Crippen LogP contribution is 2.41. The van der Waals surface area contributed by atoms with Crippen molar-refractivity contribution >= 4 is 11.8 Å². The molecular formula is C18H26N4O2. The number of nitrogens with zero attached hydrogens (tertiary/aromatic N) is 2. The number of carbonyl (C=O) groups excluding carboxylic acids is 1. The van der Waals surface area contributed by atoms with Gasteiger partial charge in [0.15, 0.2) is 0 Å². The lowest BCUT2D eigenvalue weighted by Gasteiger charge is -2.38. The molecule has 1 saturated carbocycles. The molecule has 3 N–H and O–H groups in total. The summed E-state index contributed by atoms with van der Waals surface area (Å²) < 4.78 is 5.34. The van der Waals surface area contributed by atoms with Crippen molar-refractivity contribution in [2.45, 2.75) is 58.1 Å². The summed E-state index contributed by atoms with van der Waals surface area (Å²) in [7, 11) is 0. The minimum Gasteiger partial charge on any atom is -0.444 e. The number of nitrogens with one attached hydrogen (secondary N) is 1. The molecule has 0 saturated heterocycles. The molecule has 0 spiro atoms. The molecule has 0 aromatic carbocycles. The number of rotatable bonds is 2. The standard InChI is InChI=1S/C18H26N4O2/c1-11-7-12(13-5-6-21-10-15(13)20)8-16(14(11)9-19)22-17(23)24-18(2,3)4/h5-6,10-12,14,16H,7-8,20H2,1-4H3,(H,22,23). The molecule has 1 heterocycles. The average Bonchev–Trinajstić information content (AvgIpc) is 2.45. The van der Waals surface area contributed by atoms with Crippen LogP contribution >= 0.6 is 0 Å². The molecule has 1 aliphatic rings. The van der Waals surface area contributed by atoms with Gasteiger partial charge < -0.3 is 15.8 Å². The van der Waals surface area contributed by atoms with E-state index < -0.39 is 11.7 Å². The minimum absolute atomic E-state index is 0.154. The highest BCUT2D eigenvalue weighted by atomic mass is 16.6. The molecule has 1 aromatic heterocycles. The summed E-state index contributed by atoms with van der Waals surface area (Å²) in [6, 6.07) is 4.01. The van der Waals surface area contributed by atoms with Gasteiger partial charge in [-0.05, 0) is 57.1 Å². The van der Waals surface area contributed by atoms with Gasteiger partial charge in [0, 0.05) is 12.2 Å². The number of nitrogens with two attached hydrogens (primary N) is 1. The van der Waals surface area contributed by atoms with E-state index in [0.29, 0.717) is 12.1 Å². The van der Waals surface area contributed by atoms with Gasteiger partial charge in [-0.3, -0.25) is 4.98 Å². The Morgan fingerprint density at radius 1 is 1.46 bits per heavy atom. The van der Waals surface area contributed by atoms with Gasteiger partial charge in [0.25, 0.3) is 0 Å². The van der Waals surface area contributed by atoms with Crippen LogP contribution in [0.4, 0.5) is 10.5 Å². The van der Waals surface area contributed by atoms with E-state index in [2.05, 4.69) is 16.4 Å². The first kappa shape index (κ1) is 18.1. The van der Waals surface area contributed by atoms with E-state index in [1.54, 1.807) is 12.4 Å². The topological polar surface area (TPSA) is 101 Å². The Hall–Kier alpha value is -2.29. The van der Waals surface area contributed by atoms with E-state index >= 15 is 0 Å². The number of pyridine rings is 1. The highest BCUT2D eigenvalue weighted by molar-refractivity contribution is 5.68. The van der Waals surface area contributed by atoms with Crippen LogP contribution in [0, 0.1) is 23.2 Å². The van der Waals surface area contributed by atoms with Crippen LogP contribution in [0.1, 0.15) is 52.0 Å². The largest absolute Gasteiger partial charge is 0.444 e. The van der Waals surface area contributed by atoms with E-state index in [1.807, 2.05) is 33.8 Å². The maximum Gasteiger partial charge on any atom is 0.407 e. The van der Waals surface area contributed by atoms with Gasteiger partial charge in [0.1, 0.15) is 5.60 Å². The van der Waals surface area contributed by atoms with Crippen LogP contribution in [0.2, 0.25) is 0 Å². The third-order valence-electron chi connectivity index (χ3n) is 4.42. The molecule has 130 valence electrons. The third kappa shape index (κ3) is 4.38. The minimum atomic E-state index is -0.568. The lowest BCUT2D eigenvalue weighted by atomic mass is 9.70. The fourth-order valence-corrected chi connectivity index (χ4v) is 3.41. The number of ether oxygens (including phenoxy) is 1. The van der Waals surface area contributed by atoms with E-state index in [4.69, 9.17) is 10.5 Å². The van der Waals surface area contributed by atoms with Crippen LogP contribution in [0.25, 0.3) is 0 Å². The van der Waals surface area contributed by atoms with Crippen molar-refractivity contribution < 1.29 is 9.53 Å². The summed E-state index contributed by atoms with van der Waals surface area (Å²) in [4.78, 5) is 16.2. The molecule has 1 fully saturated rings. The van der Waals surface area contributed by atoms with Crippen LogP contribution in [0.5, 0.6) is 0 Å². The summed E-state index contributed by atoms with van der Waals surface area (Å²) in [5.41, 5.74) is 7.17. The Morgan fingerprint density at radius 3 is 2.75 bits per heavy atom. The van der Waals surface area contributed by atoms with E-state index in [1.165, 1.54) is 0 Å². The molecule has 24 heavy (non-hydrogen) atoms. The quantitative estimate of drug-likeness (QED) is 0.867. The summed E-state index contributed by atoms with van der Waals surface area (Å²) in [6.07, 6.45) is 4.41. The van der Waals surface area contributed by atoms with E-state index in [0.717, 1.165) is 12.0 Å². The summed E-state index contributed by atoms with van der Waals surface area (Å²) in [6.45, 7) is 7.50. The SMILES string of the molecule is CC1CC(c2ccncc2N)CC(NC(=O)OC(C)(C)C)C1C#N. The molecule has 6 heteroatoms. The van der Waals surface area contributed by atoms with Crippen molar-refractivity contribution in [3.05, 3.63) is 24.0 Å². The number of alkyl carbamates (subject to hydrolysis) is 1. The highest BCUT2D eigenvalue weighted by Gasteiger charge is 2.38. The first-order chi connectivity index (χ1) is 11.2. The zero-order valence-corrected chi connectivity index (χ0v) is 14.7. The predicted octanol–water partition coefficient (Wildman–Crippen LogP) is 3.21. The molecule has 1 amide bonds. The number of hydrogen-bond donors (Lipinski definition) is 2. The van der Waals surface area contributed by atoms with Gasteiger partial charge in [-0.1, -0.05) is 6.92 Å². The van der Waals surface area contributed by atoms with Crippen LogP contribution in [0.15, 0.2) is 18.5 Å². The molecular weight excluding hydrogens is 304 g/mol. The molecule has 1 aliphatic carbocycles. The van der Waals surface area contributed by atoms with Crippen LogP contribution in [-0.2, 0) is 4.74 Å². The monoisotopic (exact) mass is 330 g/mol. The molecule has 0 radical (unpaired) electrons. The van der Waals surface area contributed by atoms with Crippen molar-refractivity contribution in [1.82, 2.24) is 10.3 Å². The number of hydrogen-bond acceptors (Lipinski definition) is 5. The summed E-state index contributed by atoms with van der Waals surface area (Å²) >= 11 is 0. The number of aromatic nitrogens is 1. The Bertz CT molecular complexity index is 633. The van der Waals surface area contributed by atoms with Crippen molar-refractivity contribution in [2.24, 2.45) is 11.8 Å². The third-order valence-corrected chi connectivity index (χ3v) is 4.42. The number of anilines is 1. The lowest BCUT2D eigenvalue weighted by molar-refractivity contribution is 0.0462. The normalized spacial score (nSPS) is 27.1. The fourth-order valence-electron chi connectivity index (χ4n) is 3.41. The van der Waals surface area contributed by atoms with E-state index in [9.17, 15) is 10.1 Å².